The molecule has 0 saturated carbocycles. The van der Waals surface area contributed by atoms with Gasteiger partial charge in [-0.05, 0) is 12.1 Å². The number of carboxylic acid groups (broad SMARTS) is 1. The molecule has 0 atom stereocenters. The fourth-order valence-electron chi connectivity index (χ4n) is 1.23. The molecular formula is C11H15N3O4. The molecule has 0 aliphatic heterocycles. The van der Waals surface area contributed by atoms with Crippen molar-refractivity contribution >= 4 is 11.9 Å². The highest BCUT2D eigenvalue weighted by Crippen LogP contribution is 1.99. The third-order valence-electron chi connectivity index (χ3n) is 2.00. The zero-order chi connectivity index (χ0) is 13.4. The molecule has 7 heteroatoms. The van der Waals surface area contributed by atoms with E-state index in [1.165, 1.54) is 6.07 Å². The first-order chi connectivity index (χ1) is 8.59. The van der Waals surface area contributed by atoms with Gasteiger partial charge in [0.15, 0.2) is 0 Å². The summed E-state index contributed by atoms with van der Waals surface area (Å²) in [6.07, 6.45) is 0. The Morgan fingerprint density at radius 3 is 2.89 bits per heavy atom. The number of carbonyl (C=O) groups excluding carboxylic acids is 1. The Bertz CT molecular complexity index is 423. The van der Waals surface area contributed by atoms with Gasteiger partial charge in [-0.25, -0.2) is 9.78 Å². The number of aromatic carboxylic acids is 1. The lowest BCUT2D eigenvalue weighted by atomic mass is 10.3. The van der Waals surface area contributed by atoms with Gasteiger partial charge in [-0.2, -0.15) is 0 Å². The molecule has 1 amide bonds. The Balaban J connectivity index is 2.25. The van der Waals surface area contributed by atoms with Gasteiger partial charge in [-0.1, -0.05) is 6.07 Å². The summed E-state index contributed by atoms with van der Waals surface area (Å²) in [5.74, 6) is -1.56. The fraction of sp³-hybridized carbons (Fsp3) is 0.364. The number of pyridine rings is 1. The van der Waals surface area contributed by atoms with E-state index < -0.39 is 11.9 Å². The monoisotopic (exact) mass is 253 g/mol. The molecule has 18 heavy (non-hydrogen) atoms. The number of primary amides is 1. The Kier molecular flexibility index (Phi) is 5.75. The first-order valence-corrected chi connectivity index (χ1v) is 5.35. The number of nitrogens with one attached hydrogen (secondary N) is 1. The Morgan fingerprint density at radius 1 is 1.44 bits per heavy atom. The van der Waals surface area contributed by atoms with E-state index in [1.54, 1.807) is 12.1 Å². The van der Waals surface area contributed by atoms with Crippen LogP contribution in [0, 0.1) is 0 Å². The maximum atomic E-state index is 10.7. The van der Waals surface area contributed by atoms with Crippen LogP contribution in [0.15, 0.2) is 18.2 Å². The van der Waals surface area contributed by atoms with Gasteiger partial charge in [0, 0.05) is 13.1 Å². The zero-order valence-electron chi connectivity index (χ0n) is 9.76. The van der Waals surface area contributed by atoms with Crippen LogP contribution >= 0.6 is 0 Å². The molecule has 1 aromatic heterocycles. The lowest BCUT2D eigenvalue weighted by molar-refractivity contribution is -0.122. The van der Waals surface area contributed by atoms with E-state index in [2.05, 4.69) is 10.3 Å². The second kappa shape index (κ2) is 7.36. The van der Waals surface area contributed by atoms with Crippen molar-refractivity contribution < 1.29 is 19.4 Å². The van der Waals surface area contributed by atoms with Gasteiger partial charge in [0.25, 0.3) is 0 Å². The van der Waals surface area contributed by atoms with Crippen molar-refractivity contribution in [2.24, 2.45) is 5.73 Å². The van der Waals surface area contributed by atoms with E-state index in [4.69, 9.17) is 15.6 Å². The van der Waals surface area contributed by atoms with E-state index in [9.17, 15) is 9.59 Å². The minimum Gasteiger partial charge on any atom is -0.477 e. The van der Waals surface area contributed by atoms with Crippen LogP contribution in [0.1, 0.15) is 16.2 Å². The molecule has 0 aromatic carbocycles. The van der Waals surface area contributed by atoms with Crippen LogP contribution in [0.2, 0.25) is 0 Å². The molecule has 1 aromatic rings. The fourth-order valence-corrected chi connectivity index (χ4v) is 1.23. The number of carbonyl (C=O) groups is 2. The maximum Gasteiger partial charge on any atom is 0.354 e. The van der Waals surface area contributed by atoms with Crippen molar-refractivity contribution in [2.45, 2.75) is 6.54 Å². The molecule has 1 heterocycles. The lowest BCUT2D eigenvalue weighted by Crippen LogP contribution is -2.24. The third kappa shape index (κ3) is 5.37. The van der Waals surface area contributed by atoms with Crippen molar-refractivity contribution in [3.8, 4) is 0 Å². The number of nitrogens with zero attached hydrogens (tertiary/aromatic N) is 1. The van der Waals surface area contributed by atoms with Crippen LogP contribution < -0.4 is 11.1 Å². The molecule has 0 saturated heterocycles. The van der Waals surface area contributed by atoms with Crippen molar-refractivity contribution in [3.63, 3.8) is 0 Å². The number of ether oxygens (including phenoxy) is 1. The zero-order valence-corrected chi connectivity index (χ0v) is 9.76. The van der Waals surface area contributed by atoms with Crippen LogP contribution in [0.25, 0.3) is 0 Å². The molecule has 7 nitrogen and oxygen atoms in total. The van der Waals surface area contributed by atoms with E-state index in [-0.39, 0.29) is 12.3 Å². The number of nitrogens with two attached hydrogens (primary N) is 1. The minimum absolute atomic E-state index is 0.0132. The Hall–Kier alpha value is -1.99. The molecule has 1 rings (SSSR count). The van der Waals surface area contributed by atoms with Crippen LogP contribution in [-0.2, 0) is 16.1 Å². The largest absolute Gasteiger partial charge is 0.477 e. The van der Waals surface area contributed by atoms with Crippen molar-refractivity contribution in [1.29, 1.82) is 0 Å². The van der Waals surface area contributed by atoms with Crippen LogP contribution in [0.3, 0.4) is 0 Å². The Morgan fingerprint density at radius 2 is 2.22 bits per heavy atom. The summed E-state index contributed by atoms with van der Waals surface area (Å²) < 4.78 is 4.94. The highest BCUT2D eigenvalue weighted by Gasteiger charge is 2.04. The molecule has 4 N–H and O–H groups in total. The van der Waals surface area contributed by atoms with E-state index in [0.717, 1.165) is 0 Å². The summed E-state index contributed by atoms with van der Waals surface area (Å²) in [6.45, 7) is 1.20. The maximum absolute atomic E-state index is 10.7. The summed E-state index contributed by atoms with van der Waals surface area (Å²) in [4.78, 5) is 25.0. The van der Waals surface area contributed by atoms with Gasteiger partial charge in [-0.15, -0.1) is 0 Å². The highest BCUT2D eigenvalue weighted by molar-refractivity contribution is 5.85. The normalized spacial score (nSPS) is 10.2. The summed E-state index contributed by atoms with van der Waals surface area (Å²) in [7, 11) is 0. The van der Waals surface area contributed by atoms with Crippen molar-refractivity contribution in [3.05, 3.63) is 29.6 Å². The third-order valence-corrected chi connectivity index (χ3v) is 2.00. The lowest BCUT2D eigenvalue weighted by Gasteiger charge is -2.05. The first-order valence-electron chi connectivity index (χ1n) is 5.35. The molecular weight excluding hydrogens is 238 g/mol. The standard InChI is InChI=1S/C11H15N3O4/c12-10(15)7-18-5-4-13-6-8-2-1-3-9(14-8)11(16)17/h1-3,13H,4-7H2,(H2,12,15)(H,16,17). The number of rotatable bonds is 8. The summed E-state index contributed by atoms with van der Waals surface area (Å²) in [5.41, 5.74) is 5.54. The van der Waals surface area contributed by atoms with Gasteiger partial charge < -0.3 is 20.9 Å². The quantitative estimate of drug-likeness (QED) is 0.531. The number of aromatic nitrogens is 1. The molecule has 0 radical (unpaired) electrons. The average molecular weight is 253 g/mol. The van der Waals surface area contributed by atoms with Crippen LogP contribution in [-0.4, -0.2) is 41.7 Å². The first kappa shape index (κ1) is 14.1. The van der Waals surface area contributed by atoms with Crippen molar-refractivity contribution in [1.82, 2.24) is 10.3 Å². The van der Waals surface area contributed by atoms with Crippen molar-refractivity contribution in [2.75, 3.05) is 19.8 Å². The van der Waals surface area contributed by atoms with Gasteiger partial charge in [0.1, 0.15) is 12.3 Å². The van der Waals surface area contributed by atoms with E-state index in [1.807, 2.05) is 0 Å². The molecule has 0 fully saturated rings. The van der Waals surface area contributed by atoms with Crippen LogP contribution in [0.4, 0.5) is 0 Å². The van der Waals surface area contributed by atoms with Gasteiger partial charge >= 0.3 is 5.97 Å². The summed E-state index contributed by atoms with van der Waals surface area (Å²) in [6, 6.07) is 4.79. The summed E-state index contributed by atoms with van der Waals surface area (Å²) >= 11 is 0. The van der Waals surface area contributed by atoms with Gasteiger partial charge in [-0.3, -0.25) is 4.79 Å². The molecule has 0 aliphatic rings. The minimum atomic E-state index is -1.05. The molecule has 0 aliphatic carbocycles. The van der Waals surface area contributed by atoms with Gasteiger partial charge in [0.2, 0.25) is 5.91 Å². The Labute approximate surface area is 104 Å². The van der Waals surface area contributed by atoms with Crippen LogP contribution in [0.5, 0.6) is 0 Å². The second-order valence-corrected chi connectivity index (χ2v) is 3.51. The SMILES string of the molecule is NC(=O)COCCNCc1cccc(C(=O)O)n1. The number of carboxylic acids is 1. The van der Waals surface area contributed by atoms with Gasteiger partial charge in [0.05, 0.1) is 12.3 Å². The topological polar surface area (TPSA) is 115 Å². The molecule has 0 unspecified atom stereocenters. The second-order valence-electron chi connectivity index (χ2n) is 3.51. The number of hydrogen-bond acceptors (Lipinski definition) is 5. The number of amides is 1. The summed E-state index contributed by atoms with van der Waals surface area (Å²) in [5, 5.41) is 11.8. The molecule has 0 bridgehead atoms. The highest BCUT2D eigenvalue weighted by atomic mass is 16.5. The molecule has 0 spiro atoms. The number of hydrogen-bond donors (Lipinski definition) is 3. The van der Waals surface area contributed by atoms with E-state index >= 15 is 0 Å². The van der Waals surface area contributed by atoms with E-state index in [0.29, 0.717) is 25.4 Å². The predicted octanol–water partition coefficient (Wildman–Crippen LogP) is -0.629. The smallest absolute Gasteiger partial charge is 0.354 e. The molecule has 98 valence electrons. The average Bonchev–Trinajstić information content (AvgIpc) is 2.33. The predicted molar refractivity (Wildman–Crippen MR) is 62.9 cm³/mol.